The Hall–Kier alpha value is -2.47. The van der Waals surface area contributed by atoms with Gasteiger partial charge in [0.1, 0.15) is 24.4 Å². The molecule has 0 amide bonds. The van der Waals surface area contributed by atoms with Crippen molar-refractivity contribution in [1.29, 1.82) is 0 Å². The van der Waals surface area contributed by atoms with Crippen LogP contribution in [-0.4, -0.2) is 75.2 Å². The fourth-order valence-electron chi connectivity index (χ4n) is 3.06. The molecule has 1 aromatic heterocycles. The maximum atomic E-state index is 13.6. The number of hydrogen-bond acceptors (Lipinski definition) is 9. The van der Waals surface area contributed by atoms with Gasteiger partial charge in [0.2, 0.25) is 0 Å². The van der Waals surface area contributed by atoms with Gasteiger partial charge in [-0.05, 0) is 24.3 Å². The van der Waals surface area contributed by atoms with E-state index >= 15 is 0 Å². The summed E-state index contributed by atoms with van der Waals surface area (Å²) in [6.07, 6.45) is -6.03. The van der Waals surface area contributed by atoms with Crippen molar-refractivity contribution in [3.05, 3.63) is 46.7 Å². The molecule has 4 atom stereocenters. The highest BCUT2D eigenvalue weighted by Gasteiger charge is 2.34. The second kappa shape index (κ2) is 11.1. The standard InChI is InChI=1S/C21H22Cl2FN3O6/c1-32-16-5-11-14(6-17(16)33-18(8-29)20(31)19(30)13(24)7-28)25-9-26-21(11)27-15-4-10(22)2-3-12(15)23/h2-6,9,13,18-20,28-31H,7-8H2,1H3,(H,25,26,27)/t13-,18-,19+,20+/m1/s1. The highest BCUT2D eigenvalue weighted by molar-refractivity contribution is 6.35. The molecule has 0 spiro atoms. The summed E-state index contributed by atoms with van der Waals surface area (Å²) in [6, 6.07) is 7.95. The van der Waals surface area contributed by atoms with Gasteiger partial charge in [0.15, 0.2) is 23.8 Å². The lowest BCUT2D eigenvalue weighted by Gasteiger charge is -2.28. The number of anilines is 2. The smallest absolute Gasteiger partial charge is 0.164 e. The number of alkyl halides is 1. The molecule has 3 aromatic rings. The largest absolute Gasteiger partial charge is 0.493 e. The summed E-state index contributed by atoms with van der Waals surface area (Å²) in [5.41, 5.74) is 0.928. The Morgan fingerprint density at radius 3 is 2.45 bits per heavy atom. The number of rotatable bonds is 10. The van der Waals surface area contributed by atoms with Crippen LogP contribution in [0.5, 0.6) is 11.5 Å². The molecule has 178 valence electrons. The molecule has 0 fully saturated rings. The third-order valence-corrected chi connectivity index (χ3v) is 5.40. The van der Waals surface area contributed by atoms with Gasteiger partial charge in [-0.15, -0.1) is 0 Å². The third kappa shape index (κ3) is 5.72. The van der Waals surface area contributed by atoms with E-state index in [1.54, 1.807) is 24.3 Å². The van der Waals surface area contributed by atoms with E-state index in [0.717, 1.165) is 0 Å². The minimum Gasteiger partial charge on any atom is -0.493 e. The second-order valence-corrected chi connectivity index (χ2v) is 7.85. The van der Waals surface area contributed by atoms with Crippen molar-refractivity contribution in [2.24, 2.45) is 0 Å². The molecule has 0 bridgehead atoms. The Morgan fingerprint density at radius 1 is 1.03 bits per heavy atom. The van der Waals surface area contributed by atoms with Crippen LogP contribution >= 0.6 is 23.2 Å². The molecular weight excluding hydrogens is 480 g/mol. The highest BCUT2D eigenvalue weighted by Crippen LogP contribution is 2.37. The molecule has 0 radical (unpaired) electrons. The van der Waals surface area contributed by atoms with E-state index in [0.29, 0.717) is 32.5 Å². The zero-order chi connectivity index (χ0) is 24.1. The minimum absolute atomic E-state index is 0.0696. The average molecular weight is 502 g/mol. The average Bonchev–Trinajstić information content (AvgIpc) is 2.82. The molecular formula is C21H22Cl2FN3O6. The van der Waals surface area contributed by atoms with E-state index in [9.17, 15) is 19.7 Å². The summed E-state index contributed by atoms with van der Waals surface area (Å²) in [7, 11) is 1.38. The van der Waals surface area contributed by atoms with Gasteiger partial charge < -0.3 is 35.2 Å². The Morgan fingerprint density at radius 2 is 1.79 bits per heavy atom. The molecule has 0 aliphatic heterocycles. The van der Waals surface area contributed by atoms with E-state index < -0.39 is 37.7 Å². The second-order valence-electron chi connectivity index (χ2n) is 7.01. The summed E-state index contributed by atoms with van der Waals surface area (Å²) in [6.45, 7) is -1.75. The van der Waals surface area contributed by atoms with Gasteiger partial charge in [-0.3, -0.25) is 0 Å². The van der Waals surface area contributed by atoms with Gasteiger partial charge in [0, 0.05) is 16.5 Å². The number of aliphatic hydroxyl groups is 4. The van der Waals surface area contributed by atoms with Crippen molar-refractivity contribution in [3.8, 4) is 11.5 Å². The fraction of sp³-hybridized carbons (Fsp3) is 0.333. The first-order chi connectivity index (χ1) is 15.8. The molecule has 3 rings (SSSR count). The van der Waals surface area contributed by atoms with E-state index in [2.05, 4.69) is 15.3 Å². The zero-order valence-electron chi connectivity index (χ0n) is 17.3. The van der Waals surface area contributed by atoms with Crippen molar-refractivity contribution in [2.75, 3.05) is 25.6 Å². The third-order valence-electron chi connectivity index (χ3n) is 4.84. The SMILES string of the molecule is COc1cc2c(Nc3cc(Cl)ccc3Cl)ncnc2cc1O[C@H](CO)[C@H](O)[C@@H](O)[C@H](F)CO. The first-order valence-electron chi connectivity index (χ1n) is 9.72. The van der Waals surface area contributed by atoms with Crippen LogP contribution in [0.2, 0.25) is 10.0 Å². The number of fused-ring (bicyclic) bond motifs is 1. The maximum Gasteiger partial charge on any atom is 0.164 e. The van der Waals surface area contributed by atoms with Crippen LogP contribution in [0.15, 0.2) is 36.7 Å². The first kappa shape index (κ1) is 25.2. The van der Waals surface area contributed by atoms with E-state index in [4.69, 9.17) is 37.8 Å². The predicted molar refractivity (Wildman–Crippen MR) is 121 cm³/mol. The van der Waals surface area contributed by atoms with Crippen LogP contribution in [0.3, 0.4) is 0 Å². The molecule has 0 saturated heterocycles. The lowest BCUT2D eigenvalue weighted by atomic mass is 10.0. The number of ether oxygens (including phenoxy) is 2. The number of methoxy groups -OCH3 is 1. The van der Waals surface area contributed by atoms with Crippen molar-refractivity contribution in [1.82, 2.24) is 9.97 Å². The normalized spacial score (nSPS) is 15.0. The monoisotopic (exact) mass is 501 g/mol. The summed E-state index contributed by atoms with van der Waals surface area (Å²) in [5, 5.41) is 43.0. The van der Waals surface area contributed by atoms with E-state index in [1.165, 1.54) is 19.5 Å². The van der Waals surface area contributed by atoms with E-state index in [1.807, 2.05) is 0 Å². The fourth-order valence-corrected chi connectivity index (χ4v) is 3.39. The molecule has 12 heteroatoms. The molecule has 2 aromatic carbocycles. The molecule has 0 unspecified atom stereocenters. The quantitative estimate of drug-likeness (QED) is 0.283. The van der Waals surface area contributed by atoms with Crippen molar-refractivity contribution in [3.63, 3.8) is 0 Å². The number of nitrogens with one attached hydrogen (secondary N) is 1. The molecule has 0 saturated carbocycles. The predicted octanol–water partition coefficient (Wildman–Crippen LogP) is 2.48. The molecule has 9 nitrogen and oxygen atoms in total. The number of benzene rings is 2. The highest BCUT2D eigenvalue weighted by atomic mass is 35.5. The Balaban J connectivity index is 1.95. The van der Waals surface area contributed by atoms with Gasteiger partial charge >= 0.3 is 0 Å². The zero-order valence-corrected chi connectivity index (χ0v) is 18.8. The number of aromatic nitrogens is 2. The van der Waals surface area contributed by atoms with E-state index in [-0.39, 0.29) is 11.5 Å². The topological polar surface area (TPSA) is 137 Å². The molecule has 0 aliphatic rings. The summed E-state index contributed by atoms with van der Waals surface area (Å²) in [5.74, 6) is 0.656. The van der Waals surface area contributed by atoms with Gasteiger partial charge in [-0.2, -0.15) is 0 Å². The molecule has 33 heavy (non-hydrogen) atoms. The Bertz CT molecular complexity index is 1110. The van der Waals surface area contributed by atoms with Gasteiger partial charge in [-0.1, -0.05) is 23.2 Å². The van der Waals surface area contributed by atoms with Crippen molar-refractivity contribution >= 4 is 45.6 Å². The van der Waals surface area contributed by atoms with Crippen molar-refractivity contribution in [2.45, 2.75) is 24.5 Å². The van der Waals surface area contributed by atoms with Crippen LogP contribution < -0.4 is 14.8 Å². The minimum atomic E-state index is -2.11. The van der Waals surface area contributed by atoms with Gasteiger partial charge in [0.25, 0.3) is 0 Å². The summed E-state index contributed by atoms with van der Waals surface area (Å²) in [4.78, 5) is 8.44. The van der Waals surface area contributed by atoms with Crippen molar-refractivity contribution < 1.29 is 34.3 Å². The number of aliphatic hydroxyl groups excluding tert-OH is 4. The summed E-state index contributed by atoms with van der Waals surface area (Å²) < 4.78 is 24.6. The number of halogens is 3. The molecule has 1 heterocycles. The van der Waals surface area contributed by atoms with Crippen LogP contribution in [-0.2, 0) is 0 Å². The summed E-state index contributed by atoms with van der Waals surface area (Å²) >= 11 is 12.3. The molecule has 0 aliphatic carbocycles. The van der Waals surface area contributed by atoms with Gasteiger partial charge in [0.05, 0.1) is 36.6 Å². The lowest BCUT2D eigenvalue weighted by molar-refractivity contribution is -0.0981. The van der Waals surface area contributed by atoms with Crippen LogP contribution in [0.25, 0.3) is 10.9 Å². The van der Waals surface area contributed by atoms with Crippen LogP contribution in [0.4, 0.5) is 15.9 Å². The first-order valence-corrected chi connectivity index (χ1v) is 10.5. The van der Waals surface area contributed by atoms with Crippen LogP contribution in [0.1, 0.15) is 0 Å². The Labute approximate surface area is 198 Å². The molecule has 5 N–H and O–H groups in total. The number of nitrogens with zero attached hydrogens (tertiary/aromatic N) is 2. The van der Waals surface area contributed by atoms with Gasteiger partial charge in [-0.25, -0.2) is 14.4 Å². The Kier molecular flexibility index (Phi) is 8.46. The number of hydrogen-bond donors (Lipinski definition) is 5. The van der Waals surface area contributed by atoms with Crippen LogP contribution in [0, 0.1) is 0 Å². The lowest BCUT2D eigenvalue weighted by Crippen LogP contribution is -2.48. The maximum absolute atomic E-state index is 13.6.